The van der Waals surface area contributed by atoms with Crippen molar-refractivity contribution in [2.75, 3.05) is 25.5 Å². The molecule has 2 aromatic rings. The van der Waals surface area contributed by atoms with Gasteiger partial charge < -0.3 is 26.1 Å². The number of rotatable bonds is 7. The zero-order valence-electron chi connectivity index (χ0n) is 22.9. The molecule has 8 nitrogen and oxygen atoms in total. The van der Waals surface area contributed by atoms with Gasteiger partial charge in [-0.3, -0.25) is 9.59 Å². The summed E-state index contributed by atoms with van der Waals surface area (Å²) in [4.78, 5) is 35.8. The molecule has 0 spiro atoms. The van der Waals surface area contributed by atoms with E-state index in [1.165, 1.54) is 17.0 Å². The Labute approximate surface area is 225 Å². The number of anilines is 1. The fourth-order valence-electron chi connectivity index (χ4n) is 3.38. The van der Waals surface area contributed by atoms with Crippen LogP contribution in [0.1, 0.15) is 39.7 Å². The second-order valence-electron chi connectivity index (χ2n) is 10.6. The summed E-state index contributed by atoms with van der Waals surface area (Å²) in [6.45, 7) is 9.21. The Kier molecular flexibility index (Phi) is 13.9. The van der Waals surface area contributed by atoms with Crippen LogP contribution in [0.3, 0.4) is 0 Å². The van der Waals surface area contributed by atoms with Crippen LogP contribution in [0.15, 0.2) is 54.6 Å². The Morgan fingerprint density at radius 1 is 1.16 bits per heavy atom. The molecule has 206 valence electrons. The van der Waals surface area contributed by atoms with Crippen LogP contribution in [0.4, 0.5) is 10.1 Å². The molecule has 3 atom stereocenters. The van der Waals surface area contributed by atoms with Crippen molar-refractivity contribution in [3.63, 3.8) is 0 Å². The number of hydrogen-bond donors (Lipinski definition) is 3. The smallest absolute Gasteiger partial charge is 0.237 e. The van der Waals surface area contributed by atoms with E-state index in [0.717, 1.165) is 11.3 Å². The number of aldehydes is 1. The fraction of sp³-hybridized carbons (Fsp3) is 0.448. The van der Waals surface area contributed by atoms with E-state index >= 15 is 0 Å². The second-order valence-corrected chi connectivity index (χ2v) is 10.6. The maximum atomic E-state index is 12.4. The van der Waals surface area contributed by atoms with E-state index in [1.807, 2.05) is 18.2 Å². The largest absolute Gasteiger partial charge is 0.326 e. The van der Waals surface area contributed by atoms with Crippen LogP contribution in [0.2, 0.25) is 0 Å². The molecule has 0 aromatic heterocycles. The van der Waals surface area contributed by atoms with Gasteiger partial charge in [-0.25, -0.2) is 4.39 Å². The third kappa shape index (κ3) is 13.1. The lowest BCUT2D eigenvalue weighted by Crippen LogP contribution is -2.40. The van der Waals surface area contributed by atoms with Crippen molar-refractivity contribution in [1.29, 1.82) is 5.26 Å². The predicted molar refractivity (Wildman–Crippen MR) is 147 cm³/mol. The number of nitrogens with zero attached hydrogens (tertiary/aromatic N) is 2. The van der Waals surface area contributed by atoms with Crippen molar-refractivity contribution in [1.82, 2.24) is 10.2 Å². The van der Waals surface area contributed by atoms with Crippen molar-refractivity contribution < 1.29 is 18.8 Å². The minimum atomic E-state index is -0.530. The van der Waals surface area contributed by atoms with Gasteiger partial charge >= 0.3 is 0 Å². The zero-order valence-corrected chi connectivity index (χ0v) is 22.9. The monoisotopic (exact) mass is 525 g/mol. The summed E-state index contributed by atoms with van der Waals surface area (Å²) in [5.41, 5.74) is 7.47. The quantitative estimate of drug-likeness (QED) is 0.475. The van der Waals surface area contributed by atoms with Gasteiger partial charge in [-0.15, -0.1) is 0 Å². The molecule has 2 amide bonds. The summed E-state index contributed by atoms with van der Waals surface area (Å²) in [6.07, 6.45) is 1.53. The number of halogens is 1. The molecular formula is C29H40FN5O3. The van der Waals surface area contributed by atoms with Crippen LogP contribution in [0.5, 0.6) is 0 Å². The van der Waals surface area contributed by atoms with E-state index in [2.05, 4.69) is 44.4 Å². The highest BCUT2D eigenvalue weighted by molar-refractivity contribution is 5.93. The molecule has 0 bridgehead atoms. The number of likely N-dealkylation sites (tertiary alicyclic amines) is 1. The molecule has 1 aliphatic heterocycles. The van der Waals surface area contributed by atoms with E-state index in [1.54, 1.807) is 31.3 Å². The summed E-state index contributed by atoms with van der Waals surface area (Å²) in [5.74, 6) is -0.936. The number of nitrogens with two attached hydrogens (primary N) is 1. The van der Waals surface area contributed by atoms with Crippen molar-refractivity contribution >= 4 is 23.8 Å². The molecule has 4 N–H and O–H groups in total. The molecule has 2 aromatic carbocycles. The lowest BCUT2D eigenvalue weighted by atomic mass is 10.0. The lowest BCUT2D eigenvalue weighted by molar-refractivity contribution is -0.130. The van der Waals surface area contributed by atoms with Crippen LogP contribution in [0.25, 0.3) is 0 Å². The van der Waals surface area contributed by atoms with E-state index in [4.69, 9.17) is 11.0 Å². The molecule has 1 saturated heterocycles. The van der Waals surface area contributed by atoms with Gasteiger partial charge in [0.1, 0.15) is 18.1 Å². The van der Waals surface area contributed by atoms with Gasteiger partial charge in [0.25, 0.3) is 0 Å². The Hall–Kier alpha value is -3.61. The highest BCUT2D eigenvalue weighted by Gasteiger charge is 2.38. The molecule has 3 rings (SSSR count). The summed E-state index contributed by atoms with van der Waals surface area (Å²) < 4.78 is 12.4. The summed E-state index contributed by atoms with van der Waals surface area (Å²) in [7, 11) is 1.68. The molecular weight excluding hydrogens is 485 g/mol. The molecule has 0 aliphatic carbocycles. The SMILES string of the molecule is CC(C)(C)C.CNCC(=O)N1CC(C(=O)Nc2ccccc2)CC1C#N.NC(C=O)Cc1ccc(F)cc1. The first-order chi connectivity index (χ1) is 17.9. The van der Waals surface area contributed by atoms with Gasteiger partial charge in [0.15, 0.2) is 0 Å². The van der Waals surface area contributed by atoms with Crippen molar-refractivity contribution in [3.8, 4) is 6.07 Å². The molecule has 1 fully saturated rings. The minimum Gasteiger partial charge on any atom is -0.326 e. The number of nitriles is 1. The van der Waals surface area contributed by atoms with Gasteiger partial charge in [-0.1, -0.05) is 58.0 Å². The average Bonchev–Trinajstić information content (AvgIpc) is 3.31. The van der Waals surface area contributed by atoms with E-state index < -0.39 is 12.1 Å². The highest BCUT2D eigenvalue weighted by atomic mass is 19.1. The molecule has 1 aliphatic rings. The van der Waals surface area contributed by atoms with Gasteiger partial charge in [-0.05, 0) is 55.1 Å². The van der Waals surface area contributed by atoms with Crippen molar-refractivity contribution in [2.45, 2.75) is 52.6 Å². The Bertz CT molecular complexity index is 1040. The first-order valence-corrected chi connectivity index (χ1v) is 12.5. The Morgan fingerprint density at radius 3 is 2.24 bits per heavy atom. The van der Waals surface area contributed by atoms with E-state index in [-0.39, 0.29) is 36.6 Å². The van der Waals surface area contributed by atoms with Crippen LogP contribution >= 0.6 is 0 Å². The number of carbonyl (C=O) groups is 3. The molecule has 0 saturated carbocycles. The van der Waals surface area contributed by atoms with Crippen LogP contribution in [-0.4, -0.2) is 55.2 Å². The molecule has 0 radical (unpaired) electrons. The van der Waals surface area contributed by atoms with E-state index in [0.29, 0.717) is 24.5 Å². The van der Waals surface area contributed by atoms with Gasteiger partial charge in [0, 0.05) is 12.2 Å². The van der Waals surface area contributed by atoms with Crippen molar-refractivity contribution in [3.05, 3.63) is 66.0 Å². The topological polar surface area (TPSA) is 128 Å². The summed E-state index contributed by atoms with van der Waals surface area (Å²) in [6, 6.07) is 16.2. The van der Waals surface area contributed by atoms with Crippen LogP contribution < -0.4 is 16.4 Å². The predicted octanol–water partition coefficient (Wildman–Crippen LogP) is 3.53. The number of amides is 2. The molecule has 38 heavy (non-hydrogen) atoms. The number of para-hydroxylation sites is 1. The first kappa shape index (κ1) is 32.4. The van der Waals surface area contributed by atoms with Gasteiger partial charge in [0.2, 0.25) is 11.8 Å². The Morgan fingerprint density at radius 2 is 1.74 bits per heavy atom. The first-order valence-electron chi connectivity index (χ1n) is 12.5. The fourth-order valence-corrected chi connectivity index (χ4v) is 3.38. The number of benzene rings is 2. The highest BCUT2D eigenvalue weighted by Crippen LogP contribution is 2.24. The number of likely N-dealkylation sites (N-methyl/N-ethyl adjacent to an activating group) is 1. The standard InChI is InChI=1S/C15H18N4O2.C9H10FNO.C5H12/c1-17-9-14(20)19-10-11(7-13(19)8-16)15(21)18-12-5-3-2-4-6-12;10-8-3-1-7(2-4-8)5-9(11)6-12;1-5(2,3)4/h2-6,11,13,17H,7,9-10H2,1H3,(H,18,21);1-4,6,9H,5,11H2;1-4H3. The van der Waals surface area contributed by atoms with Gasteiger partial charge in [-0.2, -0.15) is 5.26 Å². The zero-order chi connectivity index (χ0) is 28.7. The average molecular weight is 526 g/mol. The summed E-state index contributed by atoms with van der Waals surface area (Å²) >= 11 is 0. The number of carbonyl (C=O) groups excluding carboxylic acids is 3. The maximum Gasteiger partial charge on any atom is 0.237 e. The van der Waals surface area contributed by atoms with Crippen molar-refractivity contribution in [2.24, 2.45) is 17.1 Å². The summed E-state index contributed by atoms with van der Waals surface area (Å²) in [5, 5.41) is 14.7. The molecule has 3 unspecified atom stereocenters. The number of nitrogens with one attached hydrogen (secondary N) is 2. The molecule has 9 heteroatoms. The third-order valence-electron chi connectivity index (χ3n) is 5.07. The van der Waals surface area contributed by atoms with Crippen LogP contribution in [0, 0.1) is 28.5 Å². The minimum absolute atomic E-state index is 0.152. The van der Waals surface area contributed by atoms with Crippen LogP contribution in [-0.2, 0) is 20.8 Å². The second kappa shape index (κ2) is 16.3. The number of hydrogen-bond acceptors (Lipinski definition) is 6. The van der Waals surface area contributed by atoms with E-state index in [9.17, 15) is 18.8 Å². The van der Waals surface area contributed by atoms with Gasteiger partial charge in [0.05, 0.1) is 24.6 Å². The third-order valence-corrected chi connectivity index (χ3v) is 5.07. The lowest BCUT2D eigenvalue weighted by Gasteiger charge is -2.19. The molecule has 1 heterocycles. The normalized spacial score (nSPS) is 17.1. The maximum absolute atomic E-state index is 12.4. The Balaban J connectivity index is 0.000000357.